The number of hydrogen-bond donors (Lipinski definition) is 1. The van der Waals surface area contributed by atoms with Crippen LogP contribution in [0.25, 0.3) is 21.5 Å². The van der Waals surface area contributed by atoms with Crippen LogP contribution in [0, 0.1) is 26.6 Å². The molecule has 4 rings (SSSR count). The molecular weight excluding hydrogens is 423 g/mol. The Balaban J connectivity index is 1.46. The van der Waals surface area contributed by atoms with E-state index < -0.39 is 0 Å². The van der Waals surface area contributed by atoms with Crippen LogP contribution in [0.15, 0.2) is 35.4 Å². The fourth-order valence-electron chi connectivity index (χ4n) is 3.16. The molecular formula is C21H19FN4O2S2. The molecule has 0 radical (unpaired) electrons. The molecule has 0 atom stereocenters. The van der Waals surface area contributed by atoms with Gasteiger partial charge in [-0.1, -0.05) is 0 Å². The van der Waals surface area contributed by atoms with Crippen LogP contribution in [-0.4, -0.2) is 20.4 Å². The lowest BCUT2D eigenvalue weighted by atomic mass is 10.1. The molecule has 0 spiro atoms. The maximum absolute atomic E-state index is 13.1. The van der Waals surface area contributed by atoms with Gasteiger partial charge in [0.1, 0.15) is 10.6 Å². The number of carbonyl (C=O) groups excluding carboxylic acids is 1. The summed E-state index contributed by atoms with van der Waals surface area (Å²) in [6.45, 7) is 6.02. The van der Waals surface area contributed by atoms with Crippen LogP contribution in [-0.2, 0) is 11.3 Å². The van der Waals surface area contributed by atoms with Crippen LogP contribution < -0.4 is 10.9 Å². The number of aryl methyl sites for hydroxylation is 4. The van der Waals surface area contributed by atoms with Crippen molar-refractivity contribution >= 4 is 43.9 Å². The van der Waals surface area contributed by atoms with Gasteiger partial charge in [-0.15, -0.1) is 22.7 Å². The fourth-order valence-corrected chi connectivity index (χ4v) is 5.00. The largest absolute Gasteiger partial charge is 0.302 e. The highest BCUT2D eigenvalue weighted by molar-refractivity contribution is 7.18. The van der Waals surface area contributed by atoms with E-state index in [9.17, 15) is 14.0 Å². The Morgan fingerprint density at radius 2 is 1.87 bits per heavy atom. The van der Waals surface area contributed by atoms with E-state index in [-0.39, 0.29) is 30.2 Å². The van der Waals surface area contributed by atoms with Crippen molar-refractivity contribution in [1.29, 1.82) is 0 Å². The molecule has 0 unspecified atom stereocenters. The number of nitrogens with zero attached hydrogens (tertiary/aromatic N) is 3. The van der Waals surface area contributed by atoms with E-state index in [1.165, 1.54) is 45.7 Å². The first-order chi connectivity index (χ1) is 14.3. The van der Waals surface area contributed by atoms with E-state index in [1.54, 1.807) is 12.1 Å². The second-order valence-corrected chi connectivity index (χ2v) is 9.34. The Bertz CT molecular complexity index is 1310. The zero-order valence-electron chi connectivity index (χ0n) is 16.7. The maximum Gasteiger partial charge on any atom is 0.262 e. The number of thiophene rings is 1. The molecule has 4 aromatic rings. The van der Waals surface area contributed by atoms with Gasteiger partial charge in [-0.25, -0.2) is 14.4 Å². The molecule has 0 aliphatic rings. The second-order valence-electron chi connectivity index (χ2n) is 6.94. The minimum atomic E-state index is -0.309. The lowest BCUT2D eigenvalue weighted by Gasteiger charge is -2.05. The molecule has 6 nitrogen and oxygen atoms in total. The summed E-state index contributed by atoms with van der Waals surface area (Å²) in [5.41, 5.74) is 2.32. The topological polar surface area (TPSA) is 76.9 Å². The molecule has 154 valence electrons. The summed E-state index contributed by atoms with van der Waals surface area (Å²) < 4.78 is 14.6. The van der Waals surface area contributed by atoms with E-state index in [4.69, 9.17) is 0 Å². The number of halogens is 1. The summed E-state index contributed by atoms with van der Waals surface area (Å²) in [6, 6.07) is 6.08. The summed E-state index contributed by atoms with van der Waals surface area (Å²) in [4.78, 5) is 36.7. The summed E-state index contributed by atoms with van der Waals surface area (Å²) in [5.74, 6) is -0.546. The van der Waals surface area contributed by atoms with Gasteiger partial charge in [0.2, 0.25) is 5.91 Å². The Morgan fingerprint density at radius 1 is 1.13 bits per heavy atom. The van der Waals surface area contributed by atoms with Gasteiger partial charge in [0.15, 0.2) is 5.13 Å². The van der Waals surface area contributed by atoms with Gasteiger partial charge in [-0.2, -0.15) is 0 Å². The Morgan fingerprint density at radius 3 is 2.60 bits per heavy atom. The lowest BCUT2D eigenvalue weighted by molar-refractivity contribution is -0.116. The number of rotatable bonds is 5. The number of benzene rings is 1. The first kappa shape index (κ1) is 20.4. The number of fused-ring (bicyclic) bond motifs is 1. The molecule has 9 heteroatoms. The lowest BCUT2D eigenvalue weighted by Crippen LogP contribution is -2.23. The van der Waals surface area contributed by atoms with Crippen LogP contribution in [0.4, 0.5) is 9.52 Å². The van der Waals surface area contributed by atoms with E-state index in [1.807, 2.05) is 20.8 Å². The molecule has 30 heavy (non-hydrogen) atoms. The summed E-state index contributed by atoms with van der Waals surface area (Å²) >= 11 is 2.86. The van der Waals surface area contributed by atoms with Crippen molar-refractivity contribution in [3.8, 4) is 11.3 Å². The molecule has 0 saturated carbocycles. The summed E-state index contributed by atoms with van der Waals surface area (Å²) in [5, 5.41) is 3.89. The highest BCUT2D eigenvalue weighted by Crippen LogP contribution is 2.30. The molecule has 3 aromatic heterocycles. The Labute approximate surface area is 180 Å². The molecule has 1 aromatic carbocycles. The summed E-state index contributed by atoms with van der Waals surface area (Å²) in [6.07, 6.45) is 1.62. The van der Waals surface area contributed by atoms with Crippen LogP contribution >= 0.6 is 22.7 Å². The first-order valence-electron chi connectivity index (χ1n) is 9.32. The second kappa shape index (κ2) is 8.08. The number of amides is 1. The smallest absolute Gasteiger partial charge is 0.262 e. The van der Waals surface area contributed by atoms with Gasteiger partial charge in [-0.05, 0) is 50.6 Å². The molecule has 0 aliphatic carbocycles. The van der Waals surface area contributed by atoms with Gasteiger partial charge in [0.05, 0.1) is 17.4 Å². The number of hydrogen-bond acceptors (Lipinski definition) is 6. The van der Waals surface area contributed by atoms with Crippen molar-refractivity contribution in [3.05, 3.63) is 62.1 Å². The van der Waals surface area contributed by atoms with Crippen molar-refractivity contribution in [2.45, 2.75) is 33.7 Å². The van der Waals surface area contributed by atoms with Crippen molar-refractivity contribution in [2.75, 3.05) is 5.32 Å². The number of anilines is 1. The standard InChI is InChI=1S/C21H19FN4O2S2/c1-11-12(2)29-19-17(11)20(28)26(10-23-19)9-8-16(27)24-21-25-18(13(3)30-21)14-4-6-15(22)7-5-14/h4-7,10H,8-9H2,1-3H3,(H,24,25,27). The molecule has 0 fully saturated rings. The molecule has 3 heterocycles. The minimum absolute atomic E-state index is 0.125. The number of thiazole rings is 1. The zero-order valence-corrected chi connectivity index (χ0v) is 18.3. The average Bonchev–Trinajstić information content (AvgIpc) is 3.21. The van der Waals surface area contributed by atoms with E-state index in [2.05, 4.69) is 15.3 Å². The molecule has 1 N–H and O–H groups in total. The Kier molecular flexibility index (Phi) is 5.48. The Hall–Kier alpha value is -2.91. The predicted octanol–water partition coefficient (Wildman–Crippen LogP) is 4.67. The van der Waals surface area contributed by atoms with Crippen molar-refractivity contribution < 1.29 is 9.18 Å². The third kappa shape index (κ3) is 3.90. The highest BCUT2D eigenvalue weighted by atomic mass is 32.1. The quantitative estimate of drug-likeness (QED) is 0.487. The normalized spacial score (nSPS) is 11.2. The molecule has 0 saturated heterocycles. The third-order valence-corrected chi connectivity index (χ3v) is 6.90. The SMILES string of the molecule is Cc1sc(NC(=O)CCn2cnc3sc(C)c(C)c3c2=O)nc1-c1ccc(F)cc1. The molecule has 0 bridgehead atoms. The number of carbonyl (C=O) groups is 1. The number of nitrogens with one attached hydrogen (secondary N) is 1. The van der Waals surface area contributed by atoms with E-state index in [0.29, 0.717) is 16.2 Å². The van der Waals surface area contributed by atoms with E-state index in [0.717, 1.165) is 25.7 Å². The summed E-state index contributed by atoms with van der Waals surface area (Å²) in [7, 11) is 0. The van der Waals surface area contributed by atoms with Crippen molar-refractivity contribution in [2.24, 2.45) is 0 Å². The van der Waals surface area contributed by atoms with Gasteiger partial charge in [-0.3, -0.25) is 14.2 Å². The van der Waals surface area contributed by atoms with Crippen LogP contribution in [0.2, 0.25) is 0 Å². The molecule has 1 amide bonds. The van der Waals surface area contributed by atoms with Crippen molar-refractivity contribution in [3.63, 3.8) is 0 Å². The average molecular weight is 443 g/mol. The van der Waals surface area contributed by atoms with Gasteiger partial charge in [0.25, 0.3) is 5.56 Å². The number of aromatic nitrogens is 3. The van der Waals surface area contributed by atoms with Gasteiger partial charge >= 0.3 is 0 Å². The van der Waals surface area contributed by atoms with Gasteiger partial charge < -0.3 is 5.32 Å². The predicted molar refractivity (Wildman–Crippen MR) is 119 cm³/mol. The van der Waals surface area contributed by atoms with Crippen LogP contribution in [0.1, 0.15) is 21.7 Å². The zero-order chi connectivity index (χ0) is 21.4. The van der Waals surface area contributed by atoms with Crippen LogP contribution in [0.3, 0.4) is 0 Å². The van der Waals surface area contributed by atoms with Gasteiger partial charge in [0, 0.05) is 28.3 Å². The molecule has 0 aliphatic heterocycles. The maximum atomic E-state index is 13.1. The van der Waals surface area contributed by atoms with E-state index >= 15 is 0 Å². The first-order valence-corrected chi connectivity index (χ1v) is 10.9. The van der Waals surface area contributed by atoms with Crippen molar-refractivity contribution in [1.82, 2.24) is 14.5 Å². The highest BCUT2D eigenvalue weighted by Gasteiger charge is 2.15. The monoisotopic (exact) mass is 442 g/mol. The minimum Gasteiger partial charge on any atom is -0.302 e. The third-order valence-electron chi connectivity index (χ3n) is 4.90. The van der Waals surface area contributed by atoms with Crippen LogP contribution in [0.5, 0.6) is 0 Å². The fraction of sp³-hybridized carbons (Fsp3) is 0.238.